The van der Waals surface area contributed by atoms with E-state index in [1.165, 1.54) is 23.5 Å². The molecule has 5 nitrogen and oxygen atoms in total. The van der Waals surface area contributed by atoms with E-state index in [0.29, 0.717) is 17.0 Å². The van der Waals surface area contributed by atoms with Gasteiger partial charge in [0.15, 0.2) is 10.5 Å². The van der Waals surface area contributed by atoms with Crippen LogP contribution in [0.1, 0.15) is 11.3 Å². The van der Waals surface area contributed by atoms with Crippen LogP contribution in [0.4, 0.5) is 10.1 Å². The molecule has 2 aromatic carbocycles. The number of aromatic nitrogens is 3. The summed E-state index contributed by atoms with van der Waals surface area (Å²) in [6.07, 6.45) is 0. The van der Waals surface area contributed by atoms with Gasteiger partial charge in [0.25, 0.3) is 5.56 Å². The molecule has 166 valence electrons. The molecule has 0 aliphatic carbocycles. The van der Waals surface area contributed by atoms with Gasteiger partial charge in [-0.25, -0.2) is 14.1 Å². The fourth-order valence-electron chi connectivity index (χ4n) is 3.74. The number of thiophene rings is 1. The Bertz CT molecular complexity index is 1520. The van der Waals surface area contributed by atoms with Crippen molar-refractivity contribution < 1.29 is 4.39 Å². The monoisotopic (exact) mass is 476 g/mol. The van der Waals surface area contributed by atoms with Crippen molar-refractivity contribution in [3.8, 4) is 16.3 Å². The van der Waals surface area contributed by atoms with Crippen LogP contribution in [0, 0.1) is 12.7 Å². The highest BCUT2D eigenvalue weighted by molar-refractivity contribution is 7.14. The molecule has 0 amide bonds. The van der Waals surface area contributed by atoms with E-state index in [2.05, 4.69) is 16.0 Å². The molecule has 0 fully saturated rings. The second-order valence-electron chi connectivity index (χ2n) is 7.62. The maximum Gasteiger partial charge on any atom is 0.297 e. The Morgan fingerprint density at radius 1 is 0.970 bits per heavy atom. The molecule has 8 heteroatoms. The molecule has 5 aromatic rings. The van der Waals surface area contributed by atoms with E-state index in [0.717, 1.165) is 27.5 Å². The lowest BCUT2D eigenvalue weighted by Crippen LogP contribution is -2.20. The molecule has 0 N–H and O–H groups in total. The van der Waals surface area contributed by atoms with E-state index < -0.39 is 0 Å². The molecule has 0 unspecified atom stereocenters. The minimum absolute atomic E-state index is 0.166. The summed E-state index contributed by atoms with van der Waals surface area (Å²) < 4.78 is 19.0. The van der Waals surface area contributed by atoms with Gasteiger partial charge in [0.05, 0.1) is 28.5 Å². The second kappa shape index (κ2) is 8.80. The summed E-state index contributed by atoms with van der Waals surface area (Å²) >= 11 is 3.14. The average molecular weight is 477 g/mol. The van der Waals surface area contributed by atoms with Crippen LogP contribution in [0.2, 0.25) is 0 Å². The molecule has 0 spiro atoms. The summed E-state index contributed by atoms with van der Waals surface area (Å²) in [7, 11) is 1.86. The maximum absolute atomic E-state index is 13.4. The first-order valence-electron chi connectivity index (χ1n) is 10.4. The number of halogens is 1. The minimum atomic E-state index is -0.265. The number of benzene rings is 2. The largest absolute Gasteiger partial charge is 0.311 e. The number of nitrogens with zero attached hydrogens (tertiary/aromatic N) is 4. The van der Waals surface area contributed by atoms with E-state index in [1.807, 2.05) is 60.4 Å². The van der Waals surface area contributed by atoms with Crippen LogP contribution in [0.3, 0.4) is 0 Å². The SMILES string of the molecule is Cc1c(N=c2scc(-c3cccs3)n2Cc2ccc(F)cc2)c(=O)n(-c2ccccc2)n1C. The third-order valence-electron chi connectivity index (χ3n) is 5.56. The highest BCUT2D eigenvalue weighted by Gasteiger charge is 2.17. The number of para-hydroxylation sites is 1. The van der Waals surface area contributed by atoms with Gasteiger partial charge < -0.3 is 4.57 Å². The maximum atomic E-state index is 13.4. The van der Waals surface area contributed by atoms with Crippen LogP contribution in [0.25, 0.3) is 16.3 Å². The first-order valence-corrected chi connectivity index (χ1v) is 12.1. The quantitative estimate of drug-likeness (QED) is 0.331. The Kier molecular flexibility index (Phi) is 5.70. The second-order valence-corrected chi connectivity index (χ2v) is 9.40. The van der Waals surface area contributed by atoms with Gasteiger partial charge in [0, 0.05) is 12.4 Å². The zero-order valence-corrected chi connectivity index (χ0v) is 19.7. The summed E-state index contributed by atoms with van der Waals surface area (Å²) in [5.41, 5.74) is 3.80. The summed E-state index contributed by atoms with van der Waals surface area (Å²) in [5.74, 6) is -0.265. The van der Waals surface area contributed by atoms with Crippen molar-refractivity contribution >= 4 is 28.4 Å². The van der Waals surface area contributed by atoms with E-state index in [1.54, 1.807) is 28.2 Å². The zero-order chi connectivity index (χ0) is 22.9. The van der Waals surface area contributed by atoms with Crippen molar-refractivity contribution in [3.05, 3.63) is 110 Å². The molecule has 0 aliphatic heterocycles. The van der Waals surface area contributed by atoms with Crippen molar-refractivity contribution in [3.63, 3.8) is 0 Å². The van der Waals surface area contributed by atoms with Crippen molar-refractivity contribution in [1.82, 2.24) is 13.9 Å². The van der Waals surface area contributed by atoms with Gasteiger partial charge in [0.1, 0.15) is 5.82 Å². The Hall–Kier alpha value is -3.49. The lowest BCUT2D eigenvalue weighted by atomic mass is 10.2. The first kappa shape index (κ1) is 21.4. The van der Waals surface area contributed by atoms with Gasteiger partial charge >= 0.3 is 0 Å². The van der Waals surface area contributed by atoms with Crippen LogP contribution in [-0.2, 0) is 13.6 Å². The summed E-state index contributed by atoms with van der Waals surface area (Å²) in [6, 6.07) is 20.1. The predicted molar refractivity (Wildman–Crippen MR) is 132 cm³/mol. The van der Waals surface area contributed by atoms with E-state index in [-0.39, 0.29) is 11.4 Å². The minimum Gasteiger partial charge on any atom is -0.311 e. The zero-order valence-electron chi connectivity index (χ0n) is 18.1. The predicted octanol–water partition coefficient (Wildman–Crippen LogP) is 5.50. The smallest absolute Gasteiger partial charge is 0.297 e. The highest BCUT2D eigenvalue weighted by atomic mass is 32.1. The third kappa shape index (κ3) is 4.03. The lowest BCUT2D eigenvalue weighted by Gasteiger charge is -2.08. The Morgan fingerprint density at radius 3 is 2.42 bits per heavy atom. The van der Waals surface area contributed by atoms with Gasteiger partial charge in [-0.05, 0) is 48.2 Å². The summed E-state index contributed by atoms with van der Waals surface area (Å²) in [6.45, 7) is 2.42. The summed E-state index contributed by atoms with van der Waals surface area (Å²) in [4.78, 5) is 20.0. The lowest BCUT2D eigenvalue weighted by molar-refractivity contribution is 0.626. The van der Waals surface area contributed by atoms with Gasteiger partial charge in [-0.3, -0.25) is 9.48 Å². The molecule has 0 saturated heterocycles. The van der Waals surface area contributed by atoms with Gasteiger partial charge in [-0.1, -0.05) is 36.4 Å². The molecule has 3 heterocycles. The van der Waals surface area contributed by atoms with Gasteiger partial charge in [-0.2, -0.15) is 0 Å². The van der Waals surface area contributed by atoms with E-state index in [9.17, 15) is 9.18 Å². The topological polar surface area (TPSA) is 44.2 Å². The van der Waals surface area contributed by atoms with Crippen molar-refractivity contribution in [2.24, 2.45) is 12.0 Å². The van der Waals surface area contributed by atoms with Crippen molar-refractivity contribution in [1.29, 1.82) is 0 Å². The normalized spacial score (nSPS) is 11.9. The van der Waals surface area contributed by atoms with Gasteiger partial charge in [-0.15, -0.1) is 22.7 Å². The molecular formula is C25H21FN4OS2. The average Bonchev–Trinajstić information content (AvgIpc) is 3.53. The Morgan fingerprint density at radius 2 is 1.73 bits per heavy atom. The van der Waals surface area contributed by atoms with Crippen LogP contribution < -0.4 is 10.4 Å². The number of rotatable bonds is 5. The summed E-state index contributed by atoms with van der Waals surface area (Å²) in [5, 5.41) is 4.09. The molecular weight excluding hydrogens is 455 g/mol. The third-order valence-corrected chi connectivity index (χ3v) is 7.31. The molecule has 0 radical (unpaired) electrons. The van der Waals surface area contributed by atoms with Crippen molar-refractivity contribution in [2.45, 2.75) is 13.5 Å². The number of hydrogen-bond donors (Lipinski definition) is 0. The Labute approximate surface area is 198 Å². The van der Waals surface area contributed by atoms with Crippen LogP contribution in [-0.4, -0.2) is 13.9 Å². The highest BCUT2D eigenvalue weighted by Crippen LogP contribution is 2.26. The van der Waals surface area contributed by atoms with Crippen molar-refractivity contribution in [2.75, 3.05) is 0 Å². The molecule has 0 saturated carbocycles. The standard InChI is InChI=1S/C25H21FN4OS2/c1-17-23(24(31)30(28(17)2)20-7-4-3-5-8-20)27-25-29(15-18-10-12-19(26)13-11-18)21(16-33-25)22-9-6-14-32-22/h3-14,16H,15H2,1-2H3. The van der Waals surface area contributed by atoms with E-state index >= 15 is 0 Å². The first-order chi connectivity index (χ1) is 16.0. The van der Waals surface area contributed by atoms with Crippen LogP contribution in [0.15, 0.2) is 87.3 Å². The molecule has 33 heavy (non-hydrogen) atoms. The number of hydrogen-bond acceptors (Lipinski definition) is 4. The van der Waals surface area contributed by atoms with E-state index in [4.69, 9.17) is 4.99 Å². The van der Waals surface area contributed by atoms with Crippen LogP contribution >= 0.6 is 22.7 Å². The van der Waals surface area contributed by atoms with Crippen LogP contribution in [0.5, 0.6) is 0 Å². The number of thiazole rings is 1. The Balaban J connectivity index is 1.68. The fraction of sp³-hybridized carbons (Fsp3) is 0.120. The fourth-order valence-corrected chi connectivity index (χ4v) is 5.48. The molecule has 0 atom stereocenters. The van der Waals surface area contributed by atoms with Gasteiger partial charge in [0.2, 0.25) is 0 Å². The molecule has 0 aliphatic rings. The molecule has 3 aromatic heterocycles. The molecule has 0 bridgehead atoms. The molecule has 5 rings (SSSR count).